The number of amides is 1. The molecular formula is C16H20N2O3. The minimum atomic E-state index is -0.954. The minimum absolute atomic E-state index is 0.111. The highest BCUT2D eigenvalue weighted by atomic mass is 16.4. The molecule has 21 heavy (non-hydrogen) atoms. The Bertz CT molecular complexity index is 579. The summed E-state index contributed by atoms with van der Waals surface area (Å²) in [7, 11) is 0. The van der Waals surface area contributed by atoms with E-state index >= 15 is 0 Å². The highest BCUT2D eigenvalue weighted by Crippen LogP contribution is 2.43. The average Bonchev–Trinajstić information content (AvgIpc) is 3.11. The van der Waals surface area contributed by atoms with Crippen molar-refractivity contribution in [3.05, 3.63) is 29.8 Å². The fourth-order valence-corrected chi connectivity index (χ4v) is 3.65. The van der Waals surface area contributed by atoms with Crippen molar-refractivity contribution in [3.63, 3.8) is 0 Å². The minimum Gasteiger partial charge on any atom is -0.480 e. The molecule has 3 N–H and O–H groups in total. The molecule has 1 aromatic carbocycles. The number of para-hydroxylation sites is 1. The SMILES string of the molecule is NCC1(C(=O)N2c3ccccc3C[C@H]2C(=O)O)CCCC1. The molecule has 0 spiro atoms. The molecule has 112 valence electrons. The number of benzene rings is 1. The number of hydrogen-bond donors (Lipinski definition) is 2. The van der Waals surface area contributed by atoms with Gasteiger partial charge in [0, 0.05) is 18.7 Å². The molecule has 1 amide bonds. The van der Waals surface area contributed by atoms with E-state index in [1.165, 1.54) is 4.90 Å². The standard InChI is InChI=1S/C16H20N2O3/c17-10-16(7-3-4-8-16)15(21)18-12-6-2-1-5-11(12)9-13(18)14(19)20/h1-2,5-6,13H,3-4,7-10,17H2,(H,19,20)/t13-/m0/s1. The van der Waals surface area contributed by atoms with E-state index in [4.69, 9.17) is 5.73 Å². The fourth-order valence-electron chi connectivity index (χ4n) is 3.65. The maximum atomic E-state index is 13.1. The Morgan fingerprint density at radius 3 is 2.57 bits per heavy atom. The van der Waals surface area contributed by atoms with Gasteiger partial charge in [0.15, 0.2) is 0 Å². The van der Waals surface area contributed by atoms with Gasteiger partial charge in [0.1, 0.15) is 6.04 Å². The molecule has 0 unspecified atom stereocenters. The van der Waals surface area contributed by atoms with E-state index in [1.54, 1.807) is 0 Å². The monoisotopic (exact) mass is 288 g/mol. The highest BCUT2D eigenvalue weighted by Gasteiger charge is 2.48. The predicted octanol–water partition coefficient (Wildman–Crippen LogP) is 1.55. The number of aliphatic carboxylic acids is 1. The molecular weight excluding hydrogens is 268 g/mol. The maximum absolute atomic E-state index is 13.1. The van der Waals surface area contributed by atoms with Crippen LogP contribution in [0.5, 0.6) is 0 Å². The van der Waals surface area contributed by atoms with E-state index in [0.29, 0.717) is 6.42 Å². The van der Waals surface area contributed by atoms with Gasteiger partial charge in [-0.3, -0.25) is 9.69 Å². The molecule has 1 heterocycles. The molecule has 1 aliphatic heterocycles. The fraction of sp³-hybridized carbons (Fsp3) is 0.500. The summed E-state index contributed by atoms with van der Waals surface area (Å²) in [4.78, 5) is 26.1. The molecule has 1 atom stereocenters. The van der Waals surface area contributed by atoms with Crippen molar-refractivity contribution in [1.82, 2.24) is 0 Å². The second kappa shape index (κ2) is 5.15. The van der Waals surface area contributed by atoms with Gasteiger partial charge in [0.05, 0.1) is 5.41 Å². The Kier molecular flexibility index (Phi) is 3.45. The number of carbonyl (C=O) groups excluding carboxylic acids is 1. The van der Waals surface area contributed by atoms with Gasteiger partial charge in [-0.15, -0.1) is 0 Å². The topological polar surface area (TPSA) is 83.6 Å². The summed E-state index contributed by atoms with van der Waals surface area (Å²) in [5, 5.41) is 9.48. The summed E-state index contributed by atoms with van der Waals surface area (Å²) >= 11 is 0. The zero-order valence-electron chi connectivity index (χ0n) is 11.9. The first-order valence-corrected chi connectivity index (χ1v) is 7.43. The summed E-state index contributed by atoms with van der Waals surface area (Å²) in [5.41, 5.74) is 6.96. The van der Waals surface area contributed by atoms with E-state index in [2.05, 4.69) is 0 Å². The van der Waals surface area contributed by atoms with Crippen molar-refractivity contribution in [3.8, 4) is 0 Å². The normalized spacial score (nSPS) is 23.1. The quantitative estimate of drug-likeness (QED) is 0.884. The molecule has 5 heteroatoms. The number of nitrogens with zero attached hydrogens (tertiary/aromatic N) is 1. The van der Waals surface area contributed by atoms with Gasteiger partial charge >= 0.3 is 5.97 Å². The summed E-state index contributed by atoms with van der Waals surface area (Å²) in [6.45, 7) is 0.289. The molecule has 1 aromatic rings. The molecule has 0 saturated heterocycles. The van der Waals surface area contributed by atoms with Gasteiger partial charge in [-0.2, -0.15) is 0 Å². The van der Waals surface area contributed by atoms with Crippen LogP contribution in [0.25, 0.3) is 0 Å². The number of rotatable bonds is 3. The van der Waals surface area contributed by atoms with E-state index in [9.17, 15) is 14.7 Å². The Labute approximate surface area is 123 Å². The second-order valence-electron chi connectivity index (χ2n) is 6.05. The van der Waals surface area contributed by atoms with Gasteiger partial charge in [-0.25, -0.2) is 4.79 Å². The molecule has 3 rings (SSSR count). The largest absolute Gasteiger partial charge is 0.480 e. The number of fused-ring (bicyclic) bond motifs is 1. The number of carboxylic acid groups (broad SMARTS) is 1. The van der Waals surface area contributed by atoms with Crippen LogP contribution in [0.2, 0.25) is 0 Å². The van der Waals surface area contributed by atoms with Gasteiger partial charge < -0.3 is 10.8 Å². The third kappa shape index (κ3) is 2.12. The van der Waals surface area contributed by atoms with Crippen LogP contribution in [0.4, 0.5) is 5.69 Å². The van der Waals surface area contributed by atoms with Crippen LogP contribution >= 0.6 is 0 Å². The van der Waals surface area contributed by atoms with Gasteiger partial charge in [0.25, 0.3) is 0 Å². The highest BCUT2D eigenvalue weighted by molar-refractivity contribution is 6.04. The van der Waals surface area contributed by atoms with Crippen LogP contribution in [0, 0.1) is 5.41 Å². The number of nitrogens with two attached hydrogens (primary N) is 1. The second-order valence-corrected chi connectivity index (χ2v) is 6.05. The molecule has 1 saturated carbocycles. The van der Waals surface area contributed by atoms with Crippen LogP contribution in [-0.4, -0.2) is 29.6 Å². The van der Waals surface area contributed by atoms with Crippen molar-refractivity contribution in [1.29, 1.82) is 0 Å². The van der Waals surface area contributed by atoms with Gasteiger partial charge in [-0.1, -0.05) is 31.0 Å². The summed E-state index contributed by atoms with van der Waals surface area (Å²) < 4.78 is 0. The molecule has 0 radical (unpaired) electrons. The smallest absolute Gasteiger partial charge is 0.327 e. The Balaban J connectivity index is 2.01. The molecule has 1 aliphatic carbocycles. The molecule has 5 nitrogen and oxygen atoms in total. The lowest BCUT2D eigenvalue weighted by Crippen LogP contribution is -2.52. The lowest BCUT2D eigenvalue weighted by atomic mass is 9.84. The number of carbonyl (C=O) groups is 2. The van der Waals surface area contributed by atoms with Crippen LogP contribution < -0.4 is 10.6 Å². The van der Waals surface area contributed by atoms with Crippen molar-refractivity contribution in [2.24, 2.45) is 11.1 Å². The van der Waals surface area contributed by atoms with Crippen molar-refractivity contribution >= 4 is 17.6 Å². The van der Waals surface area contributed by atoms with E-state index in [0.717, 1.165) is 36.9 Å². The van der Waals surface area contributed by atoms with E-state index in [-0.39, 0.29) is 12.5 Å². The van der Waals surface area contributed by atoms with Crippen LogP contribution in [0.1, 0.15) is 31.2 Å². The van der Waals surface area contributed by atoms with E-state index < -0.39 is 17.4 Å². The molecule has 0 aromatic heterocycles. The van der Waals surface area contributed by atoms with Crippen LogP contribution in [0.3, 0.4) is 0 Å². The van der Waals surface area contributed by atoms with Gasteiger partial charge in [0.2, 0.25) is 5.91 Å². The zero-order chi connectivity index (χ0) is 15.0. The number of hydrogen-bond acceptors (Lipinski definition) is 3. The van der Waals surface area contributed by atoms with Crippen LogP contribution in [0.15, 0.2) is 24.3 Å². The molecule has 0 bridgehead atoms. The van der Waals surface area contributed by atoms with Crippen molar-refractivity contribution in [2.75, 3.05) is 11.4 Å². The number of anilines is 1. The summed E-state index contributed by atoms with van der Waals surface area (Å²) in [6, 6.07) is 6.63. The molecule has 2 aliphatic rings. The number of carboxylic acids is 1. The summed E-state index contributed by atoms with van der Waals surface area (Å²) in [5.74, 6) is -1.07. The Hall–Kier alpha value is -1.88. The lowest BCUT2D eigenvalue weighted by molar-refractivity contribution is -0.141. The first-order chi connectivity index (χ1) is 10.1. The zero-order valence-corrected chi connectivity index (χ0v) is 11.9. The van der Waals surface area contributed by atoms with Crippen molar-refractivity contribution < 1.29 is 14.7 Å². The third-order valence-corrected chi connectivity index (χ3v) is 4.89. The first-order valence-electron chi connectivity index (χ1n) is 7.43. The Morgan fingerprint density at radius 2 is 1.95 bits per heavy atom. The third-order valence-electron chi connectivity index (χ3n) is 4.89. The maximum Gasteiger partial charge on any atom is 0.327 e. The first kappa shape index (κ1) is 14.1. The van der Waals surface area contributed by atoms with Crippen LogP contribution in [-0.2, 0) is 16.0 Å². The van der Waals surface area contributed by atoms with Crippen molar-refractivity contribution in [2.45, 2.75) is 38.1 Å². The summed E-state index contributed by atoms with van der Waals surface area (Å²) in [6.07, 6.45) is 3.85. The Morgan fingerprint density at radius 1 is 1.29 bits per heavy atom. The average molecular weight is 288 g/mol. The predicted molar refractivity (Wildman–Crippen MR) is 79.0 cm³/mol. The lowest BCUT2D eigenvalue weighted by Gasteiger charge is -2.33. The van der Waals surface area contributed by atoms with E-state index in [1.807, 2.05) is 24.3 Å². The van der Waals surface area contributed by atoms with Gasteiger partial charge in [-0.05, 0) is 24.5 Å². The molecule has 1 fully saturated rings.